The lowest BCUT2D eigenvalue weighted by molar-refractivity contribution is 0.187. The van der Waals surface area contributed by atoms with Crippen LogP contribution in [0.1, 0.15) is 11.1 Å². The third-order valence-electron chi connectivity index (χ3n) is 3.12. The van der Waals surface area contributed by atoms with Gasteiger partial charge in [-0.05, 0) is 37.2 Å². The van der Waals surface area contributed by atoms with Crippen LogP contribution in [-0.4, -0.2) is 28.5 Å². The Bertz CT molecular complexity index is 601. The number of nitrogens with zero attached hydrogens (tertiary/aromatic N) is 2. The predicted molar refractivity (Wildman–Crippen MR) is 74.2 cm³/mol. The number of aromatic nitrogens is 3. The summed E-state index contributed by atoms with van der Waals surface area (Å²) in [7, 11) is 1.68. The molecule has 0 fully saturated rings. The summed E-state index contributed by atoms with van der Waals surface area (Å²) >= 11 is 5.25. The van der Waals surface area contributed by atoms with E-state index in [4.69, 9.17) is 17.0 Å². The minimum atomic E-state index is 0.617. The van der Waals surface area contributed by atoms with Crippen LogP contribution in [0.2, 0.25) is 0 Å². The van der Waals surface area contributed by atoms with Crippen LogP contribution in [0.25, 0.3) is 11.4 Å². The molecule has 2 aromatic rings. The van der Waals surface area contributed by atoms with Gasteiger partial charge in [0.05, 0.1) is 13.2 Å². The Labute approximate surface area is 112 Å². The van der Waals surface area contributed by atoms with Gasteiger partial charge in [-0.25, -0.2) is 0 Å². The Morgan fingerprint density at radius 2 is 2.17 bits per heavy atom. The molecule has 1 aromatic carbocycles. The van der Waals surface area contributed by atoms with E-state index < -0.39 is 0 Å². The second kappa shape index (κ2) is 5.46. The van der Waals surface area contributed by atoms with Crippen molar-refractivity contribution in [1.29, 1.82) is 0 Å². The van der Waals surface area contributed by atoms with Crippen molar-refractivity contribution in [2.24, 2.45) is 0 Å². The maximum atomic E-state index is 5.25. The Balaban J connectivity index is 2.51. The van der Waals surface area contributed by atoms with Crippen molar-refractivity contribution in [2.75, 3.05) is 13.7 Å². The Morgan fingerprint density at radius 1 is 1.39 bits per heavy atom. The molecular formula is C13H17N3OS. The lowest BCUT2D eigenvalue weighted by Crippen LogP contribution is -2.06. The van der Waals surface area contributed by atoms with Gasteiger partial charge < -0.3 is 4.74 Å². The molecule has 0 radical (unpaired) electrons. The van der Waals surface area contributed by atoms with Crippen molar-refractivity contribution in [1.82, 2.24) is 14.8 Å². The van der Waals surface area contributed by atoms with Crippen LogP contribution in [0, 0.1) is 18.6 Å². The average Bonchev–Trinajstić information content (AvgIpc) is 2.72. The highest BCUT2D eigenvalue weighted by molar-refractivity contribution is 7.71. The van der Waals surface area contributed by atoms with Gasteiger partial charge in [-0.15, -0.1) is 0 Å². The fourth-order valence-electron chi connectivity index (χ4n) is 1.91. The van der Waals surface area contributed by atoms with Crippen molar-refractivity contribution in [2.45, 2.75) is 20.4 Å². The molecule has 2 rings (SSSR count). The number of ether oxygens (including phenoxy) is 1. The van der Waals surface area contributed by atoms with Gasteiger partial charge in [0.25, 0.3) is 0 Å². The number of benzene rings is 1. The molecule has 4 nitrogen and oxygen atoms in total. The van der Waals surface area contributed by atoms with E-state index in [0.29, 0.717) is 17.9 Å². The monoisotopic (exact) mass is 263 g/mol. The molecule has 5 heteroatoms. The quantitative estimate of drug-likeness (QED) is 0.863. The first-order valence-corrected chi connectivity index (χ1v) is 6.26. The third kappa shape index (κ3) is 2.37. The van der Waals surface area contributed by atoms with Crippen molar-refractivity contribution >= 4 is 12.2 Å². The van der Waals surface area contributed by atoms with Gasteiger partial charge in [0.1, 0.15) is 0 Å². The number of aryl methyl sites for hydroxylation is 1. The lowest BCUT2D eigenvalue weighted by atomic mass is 10.0. The molecule has 1 N–H and O–H groups in total. The Kier molecular flexibility index (Phi) is 3.93. The fourth-order valence-corrected chi connectivity index (χ4v) is 2.13. The number of methoxy groups -OCH3 is 1. The van der Waals surface area contributed by atoms with E-state index in [-0.39, 0.29) is 0 Å². The molecule has 0 atom stereocenters. The zero-order chi connectivity index (χ0) is 13.1. The fraction of sp³-hybridized carbons (Fsp3) is 0.385. The summed E-state index contributed by atoms with van der Waals surface area (Å²) in [5.41, 5.74) is 3.59. The third-order valence-corrected chi connectivity index (χ3v) is 3.43. The number of hydrogen-bond acceptors (Lipinski definition) is 3. The van der Waals surface area contributed by atoms with Crippen LogP contribution in [-0.2, 0) is 11.3 Å². The molecule has 1 aromatic heterocycles. The topological polar surface area (TPSA) is 42.8 Å². The molecule has 0 saturated carbocycles. The van der Waals surface area contributed by atoms with Crippen LogP contribution >= 0.6 is 12.2 Å². The number of rotatable bonds is 4. The first-order valence-electron chi connectivity index (χ1n) is 5.86. The molecule has 0 aliphatic rings. The zero-order valence-electron chi connectivity index (χ0n) is 10.9. The van der Waals surface area contributed by atoms with Crippen molar-refractivity contribution < 1.29 is 4.74 Å². The van der Waals surface area contributed by atoms with Gasteiger partial charge in [0.2, 0.25) is 0 Å². The molecule has 96 valence electrons. The predicted octanol–water partition coefficient (Wildman–Crippen LogP) is 2.87. The molecule has 1 heterocycles. The SMILES string of the molecule is COCCn1c(-c2cccc(C)c2C)n[nH]c1=S. The smallest absolute Gasteiger partial charge is 0.195 e. The molecule has 18 heavy (non-hydrogen) atoms. The highest BCUT2D eigenvalue weighted by atomic mass is 32.1. The van der Waals surface area contributed by atoms with E-state index >= 15 is 0 Å². The molecule has 0 aliphatic carbocycles. The van der Waals surface area contributed by atoms with E-state index in [1.165, 1.54) is 11.1 Å². The van der Waals surface area contributed by atoms with Gasteiger partial charge in [0, 0.05) is 12.7 Å². The van der Waals surface area contributed by atoms with Crippen LogP contribution in [0.3, 0.4) is 0 Å². The number of aromatic amines is 1. The van der Waals surface area contributed by atoms with Crippen molar-refractivity contribution in [3.63, 3.8) is 0 Å². The molecule has 0 aliphatic heterocycles. The zero-order valence-corrected chi connectivity index (χ0v) is 11.7. The maximum Gasteiger partial charge on any atom is 0.195 e. The standard InChI is InChI=1S/C13H17N3OS/c1-9-5-4-6-11(10(9)2)12-14-15-13(18)16(12)7-8-17-3/h4-6H,7-8H2,1-3H3,(H,15,18). The van der Waals surface area contributed by atoms with Crippen LogP contribution in [0.5, 0.6) is 0 Å². The minimum absolute atomic E-state index is 0.617. The van der Waals surface area contributed by atoms with Crippen molar-refractivity contribution in [3.05, 3.63) is 34.1 Å². The number of hydrogen-bond donors (Lipinski definition) is 1. The minimum Gasteiger partial charge on any atom is -0.383 e. The highest BCUT2D eigenvalue weighted by Crippen LogP contribution is 2.23. The van der Waals surface area contributed by atoms with E-state index in [0.717, 1.165) is 11.4 Å². The summed E-state index contributed by atoms with van der Waals surface area (Å²) in [5.74, 6) is 0.873. The summed E-state index contributed by atoms with van der Waals surface area (Å²) in [6.45, 7) is 5.52. The van der Waals surface area contributed by atoms with E-state index in [1.807, 2.05) is 10.6 Å². The molecule has 0 unspecified atom stereocenters. The molecular weight excluding hydrogens is 246 g/mol. The Hall–Kier alpha value is -1.46. The summed E-state index contributed by atoms with van der Waals surface area (Å²) in [6.07, 6.45) is 0. The highest BCUT2D eigenvalue weighted by Gasteiger charge is 2.11. The van der Waals surface area contributed by atoms with Crippen LogP contribution in [0.4, 0.5) is 0 Å². The molecule has 0 amide bonds. The number of nitrogens with one attached hydrogen (secondary N) is 1. The first-order chi connectivity index (χ1) is 8.65. The number of H-pyrrole nitrogens is 1. The van der Waals surface area contributed by atoms with Crippen LogP contribution in [0.15, 0.2) is 18.2 Å². The van der Waals surface area contributed by atoms with E-state index in [1.54, 1.807) is 7.11 Å². The summed E-state index contributed by atoms with van der Waals surface area (Å²) in [5, 5.41) is 7.18. The van der Waals surface area contributed by atoms with Gasteiger partial charge in [-0.2, -0.15) is 5.10 Å². The lowest BCUT2D eigenvalue weighted by Gasteiger charge is -2.10. The van der Waals surface area contributed by atoms with Crippen LogP contribution < -0.4 is 0 Å². The van der Waals surface area contributed by atoms with Gasteiger partial charge in [0.15, 0.2) is 10.6 Å². The van der Waals surface area contributed by atoms with E-state index in [9.17, 15) is 0 Å². The summed E-state index contributed by atoms with van der Waals surface area (Å²) < 4.78 is 7.71. The average molecular weight is 263 g/mol. The second-order valence-corrected chi connectivity index (χ2v) is 4.63. The van der Waals surface area contributed by atoms with Gasteiger partial charge >= 0.3 is 0 Å². The molecule has 0 bridgehead atoms. The second-order valence-electron chi connectivity index (χ2n) is 4.24. The normalized spacial score (nSPS) is 10.8. The van der Waals surface area contributed by atoms with Crippen molar-refractivity contribution in [3.8, 4) is 11.4 Å². The summed E-state index contributed by atoms with van der Waals surface area (Å²) in [6, 6.07) is 6.20. The molecule has 0 saturated heterocycles. The van der Waals surface area contributed by atoms with Gasteiger partial charge in [-0.1, -0.05) is 18.2 Å². The van der Waals surface area contributed by atoms with E-state index in [2.05, 4.69) is 36.2 Å². The maximum absolute atomic E-state index is 5.25. The Morgan fingerprint density at radius 3 is 2.89 bits per heavy atom. The largest absolute Gasteiger partial charge is 0.383 e. The van der Waals surface area contributed by atoms with Gasteiger partial charge in [-0.3, -0.25) is 9.67 Å². The molecule has 0 spiro atoms. The summed E-state index contributed by atoms with van der Waals surface area (Å²) in [4.78, 5) is 0. The first kappa shape index (κ1) is 13.0.